The lowest BCUT2D eigenvalue weighted by molar-refractivity contribution is 0.113. The van der Waals surface area contributed by atoms with Gasteiger partial charge in [0.1, 0.15) is 5.75 Å². The largest absolute Gasteiger partial charge is 0.496 e. The van der Waals surface area contributed by atoms with Gasteiger partial charge in [0.05, 0.1) is 20.8 Å². The number of ether oxygens (including phenoxy) is 3. The van der Waals surface area contributed by atoms with E-state index in [-0.39, 0.29) is 13.0 Å². The number of likely N-dealkylation sites (N-methyl/N-ethyl adjacent to an activating group) is 1. The average Bonchev–Trinajstić information content (AvgIpc) is 2.47. The second-order valence-electron chi connectivity index (χ2n) is 4.45. The first-order valence-electron chi connectivity index (χ1n) is 6.98. The monoisotopic (exact) mass is 303 g/mol. The van der Waals surface area contributed by atoms with Crippen molar-refractivity contribution in [2.45, 2.75) is 26.2 Å². The van der Waals surface area contributed by atoms with Gasteiger partial charge >= 0.3 is 0 Å². The maximum Gasteiger partial charge on any atom is 0.241 e. The molecule has 0 aliphatic heterocycles. The van der Waals surface area contributed by atoms with Crippen LogP contribution in [0.25, 0.3) is 0 Å². The molecule has 21 heavy (non-hydrogen) atoms. The van der Waals surface area contributed by atoms with Crippen LogP contribution in [-0.2, 0) is 6.42 Å². The van der Waals surface area contributed by atoms with Crippen molar-refractivity contribution in [3.05, 3.63) is 17.7 Å². The molecular weight excluding hydrogens is 280 g/mol. The molecule has 4 nitrogen and oxygen atoms in total. The number of halogens is 2. The van der Waals surface area contributed by atoms with Gasteiger partial charge in [0.25, 0.3) is 0 Å². The van der Waals surface area contributed by atoms with E-state index < -0.39 is 6.43 Å². The third-order valence-corrected chi connectivity index (χ3v) is 2.98. The molecule has 0 unspecified atom stereocenters. The Labute approximate surface area is 124 Å². The third-order valence-electron chi connectivity index (χ3n) is 2.98. The van der Waals surface area contributed by atoms with Crippen molar-refractivity contribution < 1.29 is 23.0 Å². The second-order valence-corrected chi connectivity index (χ2v) is 4.45. The van der Waals surface area contributed by atoms with Crippen LogP contribution in [0.15, 0.2) is 12.1 Å². The van der Waals surface area contributed by atoms with Gasteiger partial charge in [-0.05, 0) is 31.1 Å². The van der Waals surface area contributed by atoms with Crippen LogP contribution in [0.2, 0.25) is 0 Å². The highest BCUT2D eigenvalue weighted by molar-refractivity contribution is 5.50. The summed E-state index contributed by atoms with van der Waals surface area (Å²) in [5.41, 5.74) is 0.983. The minimum atomic E-state index is -2.38. The van der Waals surface area contributed by atoms with E-state index in [1.165, 1.54) is 7.11 Å². The predicted molar refractivity (Wildman–Crippen MR) is 77.9 cm³/mol. The molecule has 1 N–H and O–H groups in total. The number of methoxy groups -OCH3 is 2. The molecule has 0 fully saturated rings. The molecule has 0 amide bonds. The number of rotatable bonds is 10. The summed E-state index contributed by atoms with van der Waals surface area (Å²) in [7, 11) is 3.09. The number of nitrogens with one attached hydrogen (secondary N) is 1. The van der Waals surface area contributed by atoms with Crippen LogP contribution in [0.3, 0.4) is 0 Å². The minimum absolute atomic E-state index is 0.0616. The Bertz CT molecular complexity index is 428. The van der Waals surface area contributed by atoms with Crippen LogP contribution in [0.4, 0.5) is 8.78 Å². The zero-order valence-corrected chi connectivity index (χ0v) is 12.7. The van der Waals surface area contributed by atoms with E-state index in [1.54, 1.807) is 13.2 Å². The van der Waals surface area contributed by atoms with Crippen LogP contribution in [0.1, 0.15) is 18.9 Å². The van der Waals surface area contributed by atoms with Crippen molar-refractivity contribution in [1.29, 1.82) is 0 Å². The smallest absolute Gasteiger partial charge is 0.241 e. The first-order valence-corrected chi connectivity index (χ1v) is 6.98. The Balaban J connectivity index is 2.83. The van der Waals surface area contributed by atoms with Gasteiger partial charge in [-0.15, -0.1) is 0 Å². The topological polar surface area (TPSA) is 39.7 Å². The molecule has 0 saturated carbocycles. The summed E-state index contributed by atoms with van der Waals surface area (Å²) in [6.07, 6.45) is -1.91. The molecule has 6 heteroatoms. The summed E-state index contributed by atoms with van der Waals surface area (Å²) in [6, 6.07) is 3.51. The molecule has 0 aliphatic carbocycles. The molecule has 0 spiro atoms. The first-order chi connectivity index (χ1) is 10.1. The predicted octanol–water partition coefficient (Wildman–Crippen LogP) is 2.89. The van der Waals surface area contributed by atoms with Gasteiger partial charge in [-0.1, -0.05) is 6.92 Å². The minimum Gasteiger partial charge on any atom is -0.496 e. The molecule has 0 radical (unpaired) electrons. The van der Waals surface area contributed by atoms with Crippen molar-refractivity contribution >= 4 is 0 Å². The second kappa shape index (κ2) is 9.39. The SMILES string of the molecule is CCNCCc1cc(OC)c(OCCC(F)F)cc1OC. The zero-order chi connectivity index (χ0) is 15.7. The zero-order valence-electron chi connectivity index (χ0n) is 12.7. The fourth-order valence-electron chi connectivity index (χ4n) is 1.90. The lowest BCUT2D eigenvalue weighted by Gasteiger charge is -2.15. The summed E-state index contributed by atoms with van der Waals surface area (Å²) in [4.78, 5) is 0. The summed E-state index contributed by atoms with van der Waals surface area (Å²) in [6.45, 7) is 3.70. The maximum atomic E-state index is 12.2. The van der Waals surface area contributed by atoms with E-state index in [0.717, 1.165) is 25.1 Å². The average molecular weight is 303 g/mol. The fourth-order valence-corrected chi connectivity index (χ4v) is 1.90. The molecule has 0 saturated heterocycles. The van der Waals surface area contributed by atoms with E-state index in [9.17, 15) is 8.78 Å². The van der Waals surface area contributed by atoms with Gasteiger partial charge < -0.3 is 19.5 Å². The Morgan fingerprint density at radius 1 is 1.10 bits per heavy atom. The summed E-state index contributed by atoms with van der Waals surface area (Å²) in [5.74, 6) is 1.61. The maximum absolute atomic E-state index is 12.2. The van der Waals surface area contributed by atoms with Crippen LogP contribution < -0.4 is 19.5 Å². The van der Waals surface area contributed by atoms with Crippen molar-refractivity contribution in [1.82, 2.24) is 5.32 Å². The fraction of sp³-hybridized carbons (Fsp3) is 0.600. The number of hydrogen-bond donors (Lipinski definition) is 1. The molecule has 0 aromatic heterocycles. The van der Waals surface area contributed by atoms with E-state index in [4.69, 9.17) is 14.2 Å². The molecule has 1 aromatic carbocycles. The Morgan fingerprint density at radius 2 is 1.81 bits per heavy atom. The van der Waals surface area contributed by atoms with Gasteiger partial charge in [0, 0.05) is 12.5 Å². The van der Waals surface area contributed by atoms with Crippen molar-refractivity contribution in [2.24, 2.45) is 0 Å². The van der Waals surface area contributed by atoms with Crippen molar-refractivity contribution in [3.8, 4) is 17.2 Å². The van der Waals surface area contributed by atoms with E-state index in [0.29, 0.717) is 17.2 Å². The van der Waals surface area contributed by atoms with E-state index in [1.807, 2.05) is 13.0 Å². The van der Waals surface area contributed by atoms with Crippen molar-refractivity contribution in [2.75, 3.05) is 33.9 Å². The number of alkyl halides is 2. The molecule has 1 aromatic rings. The molecule has 0 heterocycles. The molecule has 0 atom stereocenters. The highest BCUT2D eigenvalue weighted by atomic mass is 19.3. The third kappa shape index (κ3) is 5.75. The first kappa shape index (κ1) is 17.5. The standard InChI is InChI=1S/C15H23F2NO3/c1-4-18-7-5-11-9-13(20-3)14(10-12(11)19-2)21-8-6-15(16)17/h9-10,15,18H,4-8H2,1-3H3. The van der Waals surface area contributed by atoms with Gasteiger partial charge in [-0.25, -0.2) is 8.78 Å². The van der Waals surface area contributed by atoms with E-state index >= 15 is 0 Å². The highest BCUT2D eigenvalue weighted by Gasteiger charge is 2.13. The molecule has 0 aliphatic rings. The van der Waals surface area contributed by atoms with Gasteiger partial charge in [-0.2, -0.15) is 0 Å². The Morgan fingerprint density at radius 3 is 2.38 bits per heavy atom. The highest BCUT2D eigenvalue weighted by Crippen LogP contribution is 2.35. The van der Waals surface area contributed by atoms with E-state index in [2.05, 4.69) is 5.32 Å². The van der Waals surface area contributed by atoms with Gasteiger partial charge in [0.2, 0.25) is 6.43 Å². The number of benzene rings is 1. The van der Waals surface area contributed by atoms with Gasteiger partial charge in [-0.3, -0.25) is 0 Å². The summed E-state index contributed by atoms with van der Waals surface area (Å²) >= 11 is 0. The van der Waals surface area contributed by atoms with Gasteiger partial charge in [0.15, 0.2) is 11.5 Å². The summed E-state index contributed by atoms with van der Waals surface area (Å²) in [5, 5.41) is 3.24. The molecular formula is C15H23F2NO3. The quantitative estimate of drug-likeness (QED) is 0.675. The van der Waals surface area contributed by atoms with Crippen molar-refractivity contribution in [3.63, 3.8) is 0 Å². The van der Waals surface area contributed by atoms with Crippen LogP contribution in [0, 0.1) is 0 Å². The lowest BCUT2D eigenvalue weighted by atomic mass is 10.1. The van der Waals surface area contributed by atoms with Crippen LogP contribution in [0.5, 0.6) is 17.2 Å². The summed E-state index contributed by atoms with van der Waals surface area (Å²) < 4.78 is 40.3. The molecule has 1 rings (SSSR count). The van der Waals surface area contributed by atoms with Crippen LogP contribution >= 0.6 is 0 Å². The molecule has 120 valence electrons. The van der Waals surface area contributed by atoms with Crippen LogP contribution in [-0.4, -0.2) is 40.3 Å². The Kier molecular flexibility index (Phi) is 7.82. The number of hydrogen-bond acceptors (Lipinski definition) is 4. The molecule has 0 bridgehead atoms. The normalized spacial score (nSPS) is 10.8. The Hall–Kier alpha value is -1.56. The lowest BCUT2D eigenvalue weighted by Crippen LogP contribution is -2.16.